The van der Waals surface area contributed by atoms with Crippen LogP contribution in [0.15, 0.2) is 0 Å². The van der Waals surface area contributed by atoms with Crippen molar-refractivity contribution in [1.82, 2.24) is 5.32 Å². The maximum absolute atomic E-state index is 11.5. The van der Waals surface area contributed by atoms with E-state index in [1.165, 1.54) is 0 Å². The number of halogens is 1. The van der Waals surface area contributed by atoms with Gasteiger partial charge in [0.25, 0.3) is 0 Å². The summed E-state index contributed by atoms with van der Waals surface area (Å²) in [6.07, 6.45) is 6.12. The highest BCUT2D eigenvalue weighted by Crippen LogP contribution is 2.16. The summed E-state index contributed by atoms with van der Waals surface area (Å²) in [5.41, 5.74) is 0. The van der Waals surface area contributed by atoms with Gasteiger partial charge in [-0.2, -0.15) is 0 Å². The lowest BCUT2D eigenvalue weighted by Gasteiger charge is -2.10. The molecule has 1 fully saturated rings. The van der Waals surface area contributed by atoms with Crippen molar-refractivity contribution in [2.75, 3.05) is 19.0 Å². The molecule has 17 heavy (non-hydrogen) atoms. The molecular formula is C13H24ClNO2. The number of hydrogen-bond acceptors (Lipinski definition) is 2. The Kier molecular flexibility index (Phi) is 7.62. The molecule has 0 aliphatic carbocycles. The van der Waals surface area contributed by atoms with E-state index in [1.807, 2.05) is 0 Å². The maximum atomic E-state index is 11.5. The third-order valence-electron chi connectivity index (χ3n) is 3.18. The Balaban J connectivity index is 1.93. The number of carbonyl (C=O) groups excluding carboxylic acids is 1. The highest BCUT2D eigenvalue weighted by Gasteiger charge is 2.16. The summed E-state index contributed by atoms with van der Waals surface area (Å²) in [5.74, 6) is 1.40. The zero-order valence-corrected chi connectivity index (χ0v) is 11.5. The normalized spacial score (nSPS) is 21.4. The quantitative estimate of drug-likeness (QED) is 0.539. The molecule has 0 aromatic heterocycles. The Hall–Kier alpha value is -0.280. The van der Waals surface area contributed by atoms with Gasteiger partial charge >= 0.3 is 0 Å². The summed E-state index contributed by atoms with van der Waals surface area (Å²) in [7, 11) is 0. The van der Waals surface area contributed by atoms with E-state index in [2.05, 4.69) is 12.2 Å². The fourth-order valence-electron chi connectivity index (χ4n) is 2.01. The molecule has 0 aromatic rings. The van der Waals surface area contributed by atoms with Crippen LogP contribution in [0.3, 0.4) is 0 Å². The van der Waals surface area contributed by atoms with Gasteiger partial charge in [0.15, 0.2) is 0 Å². The summed E-state index contributed by atoms with van der Waals surface area (Å²) in [5, 5.41) is 2.95. The van der Waals surface area contributed by atoms with Gasteiger partial charge in [0.2, 0.25) is 5.91 Å². The summed E-state index contributed by atoms with van der Waals surface area (Å²) in [4.78, 5) is 11.5. The monoisotopic (exact) mass is 261 g/mol. The van der Waals surface area contributed by atoms with Crippen molar-refractivity contribution in [3.05, 3.63) is 0 Å². The summed E-state index contributed by atoms with van der Waals surface area (Å²) in [6, 6.07) is 0. The van der Waals surface area contributed by atoms with Crippen LogP contribution in [0.2, 0.25) is 0 Å². The Labute approximate surface area is 109 Å². The molecule has 2 atom stereocenters. The first-order chi connectivity index (χ1) is 8.22. The Bertz CT molecular complexity index is 217. The molecule has 4 heteroatoms. The zero-order valence-electron chi connectivity index (χ0n) is 10.7. The van der Waals surface area contributed by atoms with E-state index in [1.54, 1.807) is 0 Å². The molecule has 1 N–H and O–H groups in total. The standard InChI is InChI=1S/C13H24ClNO2/c1-11(10-14)4-2-8-15-13(16)7-6-12-5-3-9-17-12/h11-12H,2-10H2,1H3,(H,15,16). The van der Waals surface area contributed by atoms with Crippen molar-refractivity contribution in [2.45, 2.75) is 51.6 Å². The van der Waals surface area contributed by atoms with Crippen LogP contribution in [0.4, 0.5) is 0 Å². The number of carbonyl (C=O) groups is 1. The maximum Gasteiger partial charge on any atom is 0.220 e. The third kappa shape index (κ3) is 6.89. The van der Waals surface area contributed by atoms with Crippen LogP contribution in [0.1, 0.15) is 45.4 Å². The van der Waals surface area contributed by atoms with Gasteiger partial charge in [-0.25, -0.2) is 0 Å². The molecule has 1 saturated heterocycles. The fourth-order valence-corrected chi connectivity index (χ4v) is 2.16. The first-order valence-electron chi connectivity index (χ1n) is 6.66. The molecule has 1 rings (SSSR count). The predicted octanol–water partition coefficient (Wildman–Crippen LogP) is 2.72. The number of rotatable bonds is 8. The molecule has 0 spiro atoms. The smallest absolute Gasteiger partial charge is 0.220 e. The number of nitrogens with one attached hydrogen (secondary N) is 1. The topological polar surface area (TPSA) is 38.3 Å². The van der Waals surface area contributed by atoms with Crippen molar-refractivity contribution in [3.63, 3.8) is 0 Å². The molecule has 0 radical (unpaired) electrons. The number of amides is 1. The van der Waals surface area contributed by atoms with E-state index < -0.39 is 0 Å². The van der Waals surface area contributed by atoms with Crippen LogP contribution >= 0.6 is 11.6 Å². The van der Waals surface area contributed by atoms with Gasteiger partial charge in [-0.1, -0.05) is 6.92 Å². The van der Waals surface area contributed by atoms with Crippen LogP contribution in [-0.2, 0) is 9.53 Å². The van der Waals surface area contributed by atoms with Gasteiger partial charge in [0.05, 0.1) is 6.10 Å². The lowest BCUT2D eigenvalue weighted by molar-refractivity contribution is -0.121. The van der Waals surface area contributed by atoms with Crippen LogP contribution in [-0.4, -0.2) is 31.0 Å². The summed E-state index contributed by atoms with van der Waals surface area (Å²) < 4.78 is 5.48. The predicted molar refractivity (Wildman–Crippen MR) is 70.3 cm³/mol. The fraction of sp³-hybridized carbons (Fsp3) is 0.923. The minimum atomic E-state index is 0.152. The van der Waals surface area contributed by atoms with Crippen molar-refractivity contribution in [3.8, 4) is 0 Å². The first-order valence-corrected chi connectivity index (χ1v) is 7.20. The van der Waals surface area contributed by atoms with Crippen molar-refractivity contribution in [1.29, 1.82) is 0 Å². The van der Waals surface area contributed by atoms with Crippen molar-refractivity contribution in [2.24, 2.45) is 5.92 Å². The van der Waals surface area contributed by atoms with Gasteiger partial charge in [0, 0.05) is 25.5 Å². The van der Waals surface area contributed by atoms with E-state index in [-0.39, 0.29) is 5.91 Å². The summed E-state index contributed by atoms with van der Waals surface area (Å²) >= 11 is 5.71. The second kappa shape index (κ2) is 8.76. The van der Waals surface area contributed by atoms with Crippen molar-refractivity contribution >= 4 is 17.5 Å². The minimum absolute atomic E-state index is 0.152. The van der Waals surface area contributed by atoms with Crippen LogP contribution in [0.5, 0.6) is 0 Å². The molecular weight excluding hydrogens is 238 g/mol. The number of hydrogen-bond donors (Lipinski definition) is 1. The molecule has 1 heterocycles. The second-order valence-corrected chi connectivity index (χ2v) is 5.23. The van der Waals surface area contributed by atoms with Gasteiger partial charge in [-0.3, -0.25) is 4.79 Å². The van der Waals surface area contributed by atoms with E-state index in [0.717, 1.165) is 45.3 Å². The van der Waals surface area contributed by atoms with Crippen LogP contribution in [0.25, 0.3) is 0 Å². The third-order valence-corrected chi connectivity index (χ3v) is 3.70. The second-order valence-electron chi connectivity index (χ2n) is 4.93. The van der Waals surface area contributed by atoms with E-state index >= 15 is 0 Å². The Morgan fingerprint density at radius 1 is 1.59 bits per heavy atom. The average molecular weight is 262 g/mol. The first kappa shape index (κ1) is 14.8. The average Bonchev–Trinajstić information content (AvgIpc) is 2.84. The van der Waals surface area contributed by atoms with E-state index in [0.29, 0.717) is 24.3 Å². The highest BCUT2D eigenvalue weighted by molar-refractivity contribution is 6.18. The van der Waals surface area contributed by atoms with E-state index in [9.17, 15) is 4.79 Å². The molecule has 1 aliphatic rings. The minimum Gasteiger partial charge on any atom is -0.378 e. The molecule has 0 saturated carbocycles. The molecule has 1 amide bonds. The molecule has 2 unspecified atom stereocenters. The largest absolute Gasteiger partial charge is 0.378 e. The highest BCUT2D eigenvalue weighted by atomic mass is 35.5. The molecule has 1 aliphatic heterocycles. The lowest BCUT2D eigenvalue weighted by Crippen LogP contribution is -2.25. The number of ether oxygens (including phenoxy) is 1. The van der Waals surface area contributed by atoms with Gasteiger partial charge in [-0.05, 0) is 38.0 Å². The Morgan fingerprint density at radius 3 is 3.06 bits per heavy atom. The van der Waals surface area contributed by atoms with Crippen molar-refractivity contribution < 1.29 is 9.53 Å². The van der Waals surface area contributed by atoms with Gasteiger partial charge in [-0.15, -0.1) is 11.6 Å². The number of alkyl halides is 1. The molecule has 0 aromatic carbocycles. The van der Waals surface area contributed by atoms with E-state index in [4.69, 9.17) is 16.3 Å². The lowest BCUT2D eigenvalue weighted by atomic mass is 10.1. The summed E-state index contributed by atoms with van der Waals surface area (Å²) in [6.45, 7) is 3.76. The molecule has 3 nitrogen and oxygen atoms in total. The van der Waals surface area contributed by atoms with Gasteiger partial charge in [0.1, 0.15) is 0 Å². The SMILES string of the molecule is CC(CCl)CCCNC(=O)CCC1CCCO1. The Morgan fingerprint density at radius 2 is 2.41 bits per heavy atom. The van der Waals surface area contributed by atoms with Gasteiger partial charge < -0.3 is 10.1 Å². The van der Waals surface area contributed by atoms with Crippen LogP contribution < -0.4 is 5.32 Å². The molecule has 0 bridgehead atoms. The zero-order chi connectivity index (χ0) is 12.5. The van der Waals surface area contributed by atoms with Crippen LogP contribution in [0, 0.1) is 5.92 Å². The molecule has 100 valence electrons.